The second-order valence-corrected chi connectivity index (χ2v) is 5.45. The van der Waals surface area contributed by atoms with Crippen LogP contribution in [0.4, 0.5) is 0 Å². The molecule has 0 amide bonds. The van der Waals surface area contributed by atoms with Crippen molar-refractivity contribution in [1.29, 1.82) is 0 Å². The minimum Gasteiger partial charge on any atom is -0.263 e. The highest BCUT2D eigenvalue weighted by atomic mass is 32.1. The number of rotatable bonds is 1. The van der Waals surface area contributed by atoms with E-state index >= 15 is 0 Å². The third-order valence-electron chi connectivity index (χ3n) is 2.56. The number of thiazole rings is 2. The third kappa shape index (κ3) is 1.25. The van der Waals surface area contributed by atoms with Gasteiger partial charge in [-0.3, -0.25) is 4.40 Å². The van der Waals surface area contributed by atoms with Crippen molar-refractivity contribution in [2.24, 2.45) is 0 Å². The second kappa shape index (κ2) is 3.35. The van der Waals surface area contributed by atoms with Gasteiger partial charge in [-0.2, -0.15) is 0 Å². The molecule has 0 unspecified atom stereocenters. The highest BCUT2D eigenvalue weighted by molar-refractivity contribution is 7.23. The predicted octanol–water partition coefficient (Wildman–Crippen LogP) is 3.07. The average Bonchev–Trinajstić information content (AvgIpc) is 3.04. The first-order valence-corrected chi connectivity index (χ1v) is 6.75. The average molecular weight is 258 g/mol. The van der Waals surface area contributed by atoms with E-state index in [9.17, 15) is 0 Å². The van der Waals surface area contributed by atoms with E-state index in [0.717, 1.165) is 21.3 Å². The number of benzene rings is 1. The predicted molar refractivity (Wildman–Crippen MR) is 69.5 cm³/mol. The van der Waals surface area contributed by atoms with Crippen LogP contribution in [0.3, 0.4) is 0 Å². The van der Waals surface area contributed by atoms with Crippen molar-refractivity contribution in [3.63, 3.8) is 0 Å². The monoisotopic (exact) mass is 258 g/mol. The van der Waals surface area contributed by atoms with Crippen molar-refractivity contribution in [3.05, 3.63) is 35.8 Å². The molecule has 0 N–H and O–H groups in total. The maximum atomic E-state index is 4.30. The zero-order valence-electron chi connectivity index (χ0n) is 8.57. The molecule has 3 heterocycles. The maximum absolute atomic E-state index is 4.30. The zero-order valence-corrected chi connectivity index (χ0v) is 10.2. The molecule has 0 aliphatic rings. The molecule has 0 bridgehead atoms. The molecule has 0 atom stereocenters. The van der Waals surface area contributed by atoms with Crippen LogP contribution in [0.2, 0.25) is 0 Å². The van der Waals surface area contributed by atoms with E-state index in [-0.39, 0.29) is 0 Å². The van der Waals surface area contributed by atoms with Crippen molar-refractivity contribution in [2.75, 3.05) is 0 Å². The van der Waals surface area contributed by atoms with Gasteiger partial charge in [-0.1, -0.05) is 23.5 Å². The van der Waals surface area contributed by atoms with Crippen LogP contribution in [0.15, 0.2) is 35.8 Å². The molecular weight excluding hydrogens is 252 g/mol. The highest BCUT2D eigenvalue weighted by Crippen LogP contribution is 2.30. The Morgan fingerprint density at radius 1 is 1.12 bits per heavy atom. The minimum absolute atomic E-state index is 0.826. The summed E-state index contributed by atoms with van der Waals surface area (Å²) in [5.74, 6) is 0.826. The van der Waals surface area contributed by atoms with E-state index in [4.69, 9.17) is 0 Å². The van der Waals surface area contributed by atoms with Crippen LogP contribution in [0.1, 0.15) is 0 Å². The lowest BCUT2D eigenvalue weighted by atomic mass is 10.3. The maximum Gasteiger partial charge on any atom is 0.217 e. The minimum atomic E-state index is 0.826. The largest absolute Gasteiger partial charge is 0.263 e. The van der Waals surface area contributed by atoms with Gasteiger partial charge in [0.1, 0.15) is 0 Å². The molecule has 4 rings (SSSR count). The van der Waals surface area contributed by atoms with Gasteiger partial charge in [0.15, 0.2) is 10.8 Å². The lowest BCUT2D eigenvalue weighted by molar-refractivity contribution is 1.11. The second-order valence-electron chi connectivity index (χ2n) is 3.55. The lowest BCUT2D eigenvalue weighted by Crippen LogP contribution is -1.86. The SMILES string of the molecule is c1ccc2c(c1)sc1nnc(-c3nccs3)n12. The van der Waals surface area contributed by atoms with Crippen LogP contribution in [-0.2, 0) is 0 Å². The molecule has 0 radical (unpaired) electrons. The van der Waals surface area contributed by atoms with E-state index in [2.05, 4.69) is 31.7 Å². The fraction of sp³-hybridized carbons (Fsp3) is 0. The topological polar surface area (TPSA) is 43.1 Å². The van der Waals surface area contributed by atoms with Gasteiger partial charge in [-0.15, -0.1) is 21.5 Å². The molecule has 0 fully saturated rings. The molecular formula is C11H6N4S2. The van der Waals surface area contributed by atoms with Crippen LogP contribution in [0.5, 0.6) is 0 Å². The quantitative estimate of drug-likeness (QED) is 0.527. The summed E-state index contributed by atoms with van der Waals surface area (Å²) in [6.45, 7) is 0. The normalized spacial score (nSPS) is 11.5. The summed E-state index contributed by atoms with van der Waals surface area (Å²) in [6, 6.07) is 8.24. The molecule has 3 aromatic heterocycles. The van der Waals surface area contributed by atoms with Gasteiger partial charge in [-0.25, -0.2) is 4.98 Å². The molecule has 0 saturated heterocycles. The molecule has 6 heteroatoms. The standard InChI is InChI=1S/C11H6N4S2/c1-2-4-8-7(3-1)15-9(10-12-5-6-16-10)13-14-11(15)17-8/h1-6H. The molecule has 4 aromatic rings. The van der Waals surface area contributed by atoms with Gasteiger partial charge in [0.2, 0.25) is 4.96 Å². The Labute approximate surface area is 104 Å². The molecule has 0 saturated carbocycles. The van der Waals surface area contributed by atoms with Gasteiger partial charge in [-0.05, 0) is 12.1 Å². The lowest BCUT2D eigenvalue weighted by Gasteiger charge is -1.93. The summed E-state index contributed by atoms with van der Waals surface area (Å²) in [5.41, 5.74) is 1.14. The summed E-state index contributed by atoms with van der Waals surface area (Å²) in [6.07, 6.45) is 1.79. The third-order valence-corrected chi connectivity index (χ3v) is 4.35. The summed E-state index contributed by atoms with van der Waals surface area (Å²) in [7, 11) is 0. The molecule has 17 heavy (non-hydrogen) atoms. The van der Waals surface area contributed by atoms with E-state index in [1.54, 1.807) is 28.9 Å². The summed E-state index contributed by atoms with van der Waals surface area (Å²) in [4.78, 5) is 5.21. The number of para-hydroxylation sites is 1. The number of hydrogen-bond acceptors (Lipinski definition) is 5. The number of fused-ring (bicyclic) bond motifs is 3. The first-order chi connectivity index (χ1) is 8.43. The van der Waals surface area contributed by atoms with Crippen LogP contribution in [0, 0.1) is 0 Å². The number of aromatic nitrogens is 4. The fourth-order valence-corrected chi connectivity index (χ4v) is 3.43. The molecule has 82 valence electrons. The Balaban J connectivity index is 2.17. The number of nitrogens with zero attached hydrogens (tertiary/aromatic N) is 4. The van der Waals surface area contributed by atoms with Gasteiger partial charge >= 0.3 is 0 Å². The summed E-state index contributed by atoms with van der Waals surface area (Å²) < 4.78 is 3.29. The van der Waals surface area contributed by atoms with Gasteiger partial charge in [0, 0.05) is 11.6 Å². The van der Waals surface area contributed by atoms with Crippen LogP contribution < -0.4 is 0 Å². The van der Waals surface area contributed by atoms with Crippen molar-refractivity contribution >= 4 is 37.9 Å². The van der Waals surface area contributed by atoms with Crippen molar-refractivity contribution in [2.45, 2.75) is 0 Å². The molecule has 4 nitrogen and oxygen atoms in total. The van der Waals surface area contributed by atoms with E-state index < -0.39 is 0 Å². The Hall–Kier alpha value is -1.79. The first kappa shape index (κ1) is 9.26. The van der Waals surface area contributed by atoms with Crippen molar-refractivity contribution in [3.8, 4) is 10.8 Å². The smallest absolute Gasteiger partial charge is 0.217 e. The van der Waals surface area contributed by atoms with E-state index in [0.29, 0.717) is 0 Å². The highest BCUT2D eigenvalue weighted by Gasteiger charge is 2.14. The van der Waals surface area contributed by atoms with Gasteiger partial charge in [0.25, 0.3) is 0 Å². The molecule has 0 spiro atoms. The van der Waals surface area contributed by atoms with Gasteiger partial charge < -0.3 is 0 Å². The molecule has 1 aromatic carbocycles. The number of hydrogen-bond donors (Lipinski definition) is 0. The Kier molecular flexibility index (Phi) is 1.82. The molecule has 0 aliphatic carbocycles. The molecule has 0 aliphatic heterocycles. The fourth-order valence-electron chi connectivity index (χ4n) is 1.85. The van der Waals surface area contributed by atoms with Crippen LogP contribution >= 0.6 is 22.7 Å². The summed E-state index contributed by atoms with van der Waals surface area (Å²) >= 11 is 3.22. The van der Waals surface area contributed by atoms with Crippen LogP contribution in [-0.4, -0.2) is 19.6 Å². The van der Waals surface area contributed by atoms with Gasteiger partial charge in [0.05, 0.1) is 10.2 Å². The Morgan fingerprint density at radius 2 is 2.06 bits per heavy atom. The summed E-state index contributed by atoms with van der Waals surface area (Å²) in [5, 5.41) is 11.3. The Bertz CT molecular complexity index is 797. The van der Waals surface area contributed by atoms with E-state index in [1.807, 2.05) is 17.5 Å². The zero-order chi connectivity index (χ0) is 11.2. The van der Waals surface area contributed by atoms with Crippen LogP contribution in [0.25, 0.3) is 26.0 Å². The first-order valence-electron chi connectivity index (χ1n) is 5.06. The van der Waals surface area contributed by atoms with Crippen molar-refractivity contribution in [1.82, 2.24) is 19.6 Å². The Morgan fingerprint density at radius 3 is 2.94 bits per heavy atom. The van der Waals surface area contributed by atoms with E-state index in [1.165, 1.54) is 4.70 Å². The van der Waals surface area contributed by atoms with Crippen molar-refractivity contribution < 1.29 is 0 Å².